The number of hydrogen-bond acceptors (Lipinski definition) is 5. The van der Waals surface area contributed by atoms with Gasteiger partial charge in [-0.2, -0.15) is 0 Å². The minimum Gasteiger partial charge on any atom is -0.464 e. The highest BCUT2D eigenvalue weighted by Gasteiger charge is 2.42. The van der Waals surface area contributed by atoms with E-state index in [0.29, 0.717) is 26.2 Å². The summed E-state index contributed by atoms with van der Waals surface area (Å²) in [5.41, 5.74) is 0. The van der Waals surface area contributed by atoms with E-state index in [9.17, 15) is 4.79 Å². The molecule has 1 atom stereocenters. The van der Waals surface area contributed by atoms with E-state index in [0.717, 1.165) is 25.7 Å². The number of carbonyl (C=O) groups is 1. The van der Waals surface area contributed by atoms with Crippen LogP contribution in [0.5, 0.6) is 0 Å². The molecule has 0 amide bonds. The van der Waals surface area contributed by atoms with Crippen molar-refractivity contribution in [2.24, 2.45) is 0 Å². The molecule has 0 bridgehead atoms. The summed E-state index contributed by atoms with van der Waals surface area (Å²) in [6, 6.07) is 0. The quantitative estimate of drug-likeness (QED) is 0.676. The van der Waals surface area contributed by atoms with Crippen molar-refractivity contribution in [1.82, 2.24) is 0 Å². The molecule has 3 rings (SSSR count). The molecule has 17 heavy (non-hydrogen) atoms. The molecule has 0 aromatic heterocycles. The van der Waals surface area contributed by atoms with E-state index in [-0.39, 0.29) is 24.0 Å². The van der Waals surface area contributed by atoms with Crippen molar-refractivity contribution < 1.29 is 23.7 Å². The molecule has 5 heteroatoms. The third-order valence-electron chi connectivity index (χ3n) is 3.75. The molecule has 3 aliphatic rings. The standard InChI is InChI=1S/C12H18O5/c13-11-10(3-6-14-11)17-9-1-4-12(5-2-9)15-7-8-16-12/h9-10H,1-8H2. The van der Waals surface area contributed by atoms with Gasteiger partial charge >= 0.3 is 5.97 Å². The Kier molecular flexibility index (Phi) is 3.06. The first-order valence-corrected chi connectivity index (χ1v) is 6.37. The number of rotatable bonds is 2. The van der Waals surface area contributed by atoms with Gasteiger partial charge in [0.25, 0.3) is 0 Å². The lowest BCUT2D eigenvalue weighted by Crippen LogP contribution is -2.39. The first-order valence-electron chi connectivity index (χ1n) is 6.37. The Hall–Kier alpha value is -0.650. The summed E-state index contributed by atoms with van der Waals surface area (Å²) in [5, 5.41) is 0. The maximum absolute atomic E-state index is 11.3. The van der Waals surface area contributed by atoms with Gasteiger partial charge in [-0.3, -0.25) is 0 Å². The number of carbonyl (C=O) groups excluding carboxylic acids is 1. The molecule has 0 aromatic rings. The lowest BCUT2D eigenvalue weighted by molar-refractivity contribution is -0.196. The zero-order valence-electron chi connectivity index (χ0n) is 9.85. The Morgan fingerprint density at radius 3 is 2.35 bits per heavy atom. The van der Waals surface area contributed by atoms with Crippen molar-refractivity contribution in [2.75, 3.05) is 19.8 Å². The number of esters is 1. The average Bonchev–Trinajstić information content (AvgIpc) is 2.94. The van der Waals surface area contributed by atoms with Crippen molar-refractivity contribution in [2.45, 2.75) is 50.1 Å². The molecule has 2 heterocycles. The summed E-state index contributed by atoms with van der Waals surface area (Å²) in [7, 11) is 0. The second kappa shape index (κ2) is 4.55. The number of cyclic esters (lactones) is 1. The van der Waals surface area contributed by atoms with Gasteiger partial charge in [0.2, 0.25) is 0 Å². The fourth-order valence-electron chi connectivity index (χ4n) is 2.79. The molecule has 1 spiro atoms. The van der Waals surface area contributed by atoms with Crippen molar-refractivity contribution in [3.63, 3.8) is 0 Å². The van der Waals surface area contributed by atoms with E-state index in [1.54, 1.807) is 0 Å². The van der Waals surface area contributed by atoms with E-state index >= 15 is 0 Å². The van der Waals surface area contributed by atoms with Crippen LogP contribution in [0.2, 0.25) is 0 Å². The second-order valence-corrected chi connectivity index (χ2v) is 4.89. The SMILES string of the molecule is O=C1OCCC1OC1CCC2(CC1)OCCO2. The van der Waals surface area contributed by atoms with Gasteiger partial charge in [0.05, 0.1) is 25.9 Å². The van der Waals surface area contributed by atoms with Crippen LogP contribution < -0.4 is 0 Å². The molecule has 0 N–H and O–H groups in total. The Labute approximate surface area is 100 Å². The Bertz CT molecular complexity index is 287. The van der Waals surface area contributed by atoms with E-state index in [2.05, 4.69) is 0 Å². The molecular formula is C12H18O5. The van der Waals surface area contributed by atoms with Crippen LogP contribution in [-0.2, 0) is 23.7 Å². The fourth-order valence-corrected chi connectivity index (χ4v) is 2.79. The van der Waals surface area contributed by atoms with Crippen LogP contribution in [0.3, 0.4) is 0 Å². The van der Waals surface area contributed by atoms with Gasteiger partial charge in [0.1, 0.15) is 0 Å². The van der Waals surface area contributed by atoms with Crippen molar-refractivity contribution in [1.29, 1.82) is 0 Å². The maximum atomic E-state index is 11.3. The average molecular weight is 242 g/mol. The van der Waals surface area contributed by atoms with Crippen LogP contribution in [0, 0.1) is 0 Å². The third-order valence-corrected chi connectivity index (χ3v) is 3.75. The van der Waals surface area contributed by atoms with E-state index < -0.39 is 0 Å². The van der Waals surface area contributed by atoms with Gasteiger partial charge in [-0.25, -0.2) is 4.79 Å². The van der Waals surface area contributed by atoms with Gasteiger partial charge in [-0.05, 0) is 12.8 Å². The molecule has 3 fully saturated rings. The predicted molar refractivity (Wildman–Crippen MR) is 57.3 cm³/mol. The van der Waals surface area contributed by atoms with Gasteiger partial charge in [-0.1, -0.05) is 0 Å². The Morgan fingerprint density at radius 2 is 1.76 bits per heavy atom. The van der Waals surface area contributed by atoms with Crippen LogP contribution in [0.1, 0.15) is 32.1 Å². The lowest BCUT2D eigenvalue weighted by atomic mass is 9.91. The lowest BCUT2D eigenvalue weighted by Gasteiger charge is -2.35. The first kappa shape index (κ1) is 11.4. The zero-order valence-corrected chi connectivity index (χ0v) is 9.85. The number of hydrogen-bond donors (Lipinski definition) is 0. The number of ether oxygens (including phenoxy) is 4. The largest absolute Gasteiger partial charge is 0.464 e. The molecule has 1 unspecified atom stereocenters. The van der Waals surface area contributed by atoms with E-state index in [1.165, 1.54) is 0 Å². The highest BCUT2D eigenvalue weighted by atomic mass is 16.7. The fraction of sp³-hybridized carbons (Fsp3) is 0.917. The second-order valence-electron chi connectivity index (χ2n) is 4.89. The zero-order chi connectivity index (χ0) is 11.7. The summed E-state index contributed by atoms with van der Waals surface area (Å²) in [5.74, 6) is -0.561. The van der Waals surface area contributed by atoms with Crippen LogP contribution in [0.15, 0.2) is 0 Å². The minimum atomic E-state index is -0.351. The van der Waals surface area contributed by atoms with Crippen LogP contribution >= 0.6 is 0 Å². The van der Waals surface area contributed by atoms with E-state index in [4.69, 9.17) is 18.9 Å². The summed E-state index contributed by atoms with van der Waals surface area (Å²) >= 11 is 0. The summed E-state index contributed by atoms with van der Waals surface area (Å²) < 4.78 is 22.0. The van der Waals surface area contributed by atoms with Gasteiger partial charge < -0.3 is 18.9 Å². The monoisotopic (exact) mass is 242 g/mol. The molecule has 2 aliphatic heterocycles. The predicted octanol–water partition coefficient (Wildman–Crippen LogP) is 1.00. The van der Waals surface area contributed by atoms with Crippen molar-refractivity contribution >= 4 is 5.97 Å². The molecule has 0 aromatic carbocycles. The van der Waals surface area contributed by atoms with Gasteiger partial charge in [0.15, 0.2) is 11.9 Å². The highest BCUT2D eigenvalue weighted by Crippen LogP contribution is 2.37. The molecule has 96 valence electrons. The van der Waals surface area contributed by atoms with Crippen LogP contribution in [-0.4, -0.2) is 43.8 Å². The first-order chi connectivity index (χ1) is 8.27. The summed E-state index contributed by atoms with van der Waals surface area (Å²) in [6.07, 6.45) is 3.99. The topological polar surface area (TPSA) is 54.0 Å². The van der Waals surface area contributed by atoms with Crippen molar-refractivity contribution in [3.05, 3.63) is 0 Å². The van der Waals surface area contributed by atoms with E-state index in [1.807, 2.05) is 0 Å². The summed E-state index contributed by atoms with van der Waals surface area (Å²) in [6.45, 7) is 1.88. The third kappa shape index (κ3) is 2.32. The van der Waals surface area contributed by atoms with Crippen LogP contribution in [0.4, 0.5) is 0 Å². The van der Waals surface area contributed by atoms with Crippen molar-refractivity contribution in [3.8, 4) is 0 Å². The molecule has 0 radical (unpaired) electrons. The maximum Gasteiger partial charge on any atom is 0.335 e. The Morgan fingerprint density at radius 1 is 1.06 bits per heavy atom. The molecular weight excluding hydrogens is 224 g/mol. The van der Waals surface area contributed by atoms with Crippen LogP contribution in [0.25, 0.3) is 0 Å². The molecule has 1 saturated carbocycles. The summed E-state index contributed by atoms with van der Waals surface area (Å²) in [4.78, 5) is 11.3. The molecule has 5 nitrogen and oxygen atoms in total. The molecule has 2 saturated heterocycles. The molecule has 1 aliphatic carbocycles. The normalized spacial score (nSPS) is 33.2. The van der Waals surface area contributed by atoms with Gasteiger partial charge in [-0.15, -0.1) is 0 Å². The minimum absolute atomic E-state index is 0.143. The highest BCUT2D eigenvalue weighted by molar-refractivity contribution is 5.76. The van der Waals surface area contributed by atoms with Gasteiger partial charge in [0, 0.05) is 19.3 Å². The smallest absolute Gasteiger partial charge is 0.335 e. The Balaban J connectivity index is 1.49.